The molecule has 0 spiro atoms. The van der Waals surface area contributed by atoms with Crippen LogP contribution in [0.4, 0.5) is 0 Å². The zero-order valence-corrected chi connectivity index (χ0v) is 10.6. The third kappa shape index (κ3) is 3.06. The molecule has 1 aromatic carbocycles. The first-order valence-corrected chi connectivity index (χ1v) is 6.17. The molecule has 1 saturated heterocycles. The van der Waals surface area contributed by atoms with E-state index in [1.54, 1.807) is 14.2 Å². The fraction of sp³-hybridized carbons (Fsp3) is 0.571. The molecule has 94 valence electrons. The lowest BCUT2D eigenvalue weighted by atomic mass is 9.96. The van der Waals surface area contributed by atoms with Gasteiger partial charge in [-0.15, -0.1) is 0 Å². The van der Waals surface area contributed by atoms with Gasteiger partial charge in [0.1, 0.15) is 6.10 Å². The van der Waals surface area contributed by atoms with Crippen molar-refractivity contribution in [2.75, 3.05) is 33.9 Å². The molecule has 2 rings (SSSR count). The number of ether oxygens (including phenoxy) is 2. The van der Waals surface area contributed by atoms with Gasteiger partial charge in [-0.05, 0) is 30.0 Å². The molecule has 2 unspecified atom stereocenters. The van der Waals surface area contributed by atoms with Crippen LogP contribution in [0.1, 0.15) is 29.6 Å². The van der Waals surface area contributed by atoms with Crippen LogP contribution in [0.2, 0.25) is 0 Å². The molecule has 1 aliphatic rings. The molecule has 3 heteroatoms. The van der Waals surface area contributed by atoms with E-state index in [4.69, 9.17) is 9.47 Å². The highest BCUT2D eigenvalue weighted by atomic mass is 16.5. The molecule has 2 atom stereocenters. The Morgan fingerprint density at radius 1 is 1.29 bits per heavy atom. The molecule has 0 saturated carbocycles. The lowest BCUT2D eigenvalue weighted by Crippen LogP contribution is -2.10. The second-order valence-electron chi connectivity index (χ2n) is 4.54. The SMILES string of the molecule is COCC(OC)c1ccc(C2CCNC2)cc1. The molecule has 0 aromatic heterocycles. The number of methoxy groups -OCH3 is 2. The molecule has 0 radical (unpaired) electrons. The quantitative estimate of drug-likeness (QED) is 0.847. The molecule has 1 aromatic rings. The van der Waals surface area contributed by atoms with E-state index in [9.17, 15) is 0 Å². The summed E-state index contributed by atoms with van der Waals surface area (Å²) in [5.41, 5.74) is 2.61. The summed E-state index contributed by atoms with van der Waals surface area (Å²) in [6, 6.07) is 8.74. The fourth-order valence-electron chi connectivity index (χ4n) is 2.37. The number of hydrogen-bond acceptors (Lipinski definition) is 3. The van der Waals surface area contributed by atoms with Gasteiger partial charge in [-0.1, -0.05) is 24.3 Å². The Morgan fingerprint density at radius 3 is 2.59 bits per heavy atom. The second-order valence-corrected chi connectivity index (χ2v) is 4.54. The van der Waals surface area contributed by atoms with Crippen LogP contribution in [-0.2, 0) is 9.47 Å². The van der Waals surface area contributed by atoms with Crippen molar-refractivity contribution < 1.29 is 9.47 Å². The van der Waals surface area contributed by atoms with Crippen LogP contribution in [0, 0.1) is 0 Å². The summed E-state index contributed by atoms with van der Waals surface area (Å²) in [6.07, 6.45) is 1.28. The van der Waals surface area contributed by atoms with Crippen molar-refractivity contribution in [1.82, 2.24) is 5.32 Å². The van der Waals surface area contributed by atoms with E-state index in [-0.39, 0.29) is 6.10 Å². The zero-order valence-electron chi connectivity index (χ0n) is 10.6. The lowest BCUT2D eigenvalue weighted by molar-refractivity contribution is 0.0275. The number of nitrogens with one attached hydrogen (secondary N) is 1. The molecular weight excluding hydrogens is 214 g/mol. The van der Waals surface area contributed by atoms with E-state index in [0.717, 1.165) is 13.1 Å². The smallest absolute Gasteiger partial charge is 0.105 e. The molecule has 0 amide bonds. The summed E-state index contributed by atoms with van der Waals surface area (Å²) in [5.74, 6) is 0.674. The summed E-state index contributed by atoms with van der Waals surface area (Å²) in [4.78, 5) is 0. The highest BCUT2D eigenvalue weighted by Gasteiger charge is 2.17. The van der Waals surface area contributed by atoms with E-state index >= 15 is 0 Å². The van der Waals surface area contributed by atoms with Gasteiger partial charge in [-0.3, -0.25) is 0 Å². The molecule has 1 N–H and O–H groups in total. The van der Waals surface area contributed by atoms with Gasteiger partial charge in [0.05, 0.1) is 6.61 Å². The van der Waals surface area contributed by atoms with Crippen molar-refractivity contribution in [1.29, 1.82) is 0 Å². The molecule has 1 aliphatic heterocycles. The number of rotatable bonds is 5. The predicted octanol–water partition coefficient (Wildman–Crippen LogP) is 2.10. The maximum atomic E-state index is 5.40. The topological polar surface area (TPSA) is 30.5 Å². The third-order valence-corrected chi connectivity index (χ3v) is 3.44. The van der Waals surface area contributed by atoms with Gasteiger partial charge >= 0.3 is 0 Å². The van der Waals surface area contributed by atoms with E-state index in [0.29, 0.717) is 12.5 Å². The highest BCUT2D eigenvalue weighted by Crippen LogP contribution is 2.24. The van der Waals surface area contributed by atoms with Crippen molar-refractivity contribution in [3.05, 3.63) is 35.4 Å². The molecule has 17 heavy (non-hydrogen) atoms. The monoisotopic (exact) mass is 235 g/mol. The van der Waals surface area contributed by atoms with Crippen LogP contribution in [0.3, 0.4) is 0 Å². The summed E-state index contributed by atoms with van der Waals surface area (Å²) in [7, 11) is 3.42. The molecular formula is C14H21NO2. The average molecular weight is 235 g/mol. The first kappa shape index (κ1) is 12.6. The van der Waals surface area contributed by atoms with Crippen LogP contribution in [0.5, 0.6) is 0 Å². The maximum Gasteiger partial charge on any atom is 0.105 e. The van der Waals surface area contributed by atoms with Gasteiger partial charge < -0.3 is 14.8 Å². The van der Waals surface area contributed by atoms with Crippen LogP contribution in [0.25, 0.3) is 0 Å². The fourth-order valence-corrected chi connectivity index (χ4v) is 2.37. The normalized spacial score (nSPS) is 21.6. The van der Waals surface area contributed by atoms with Gasteiger partial charge in [0.15, 0.2) is 0 Å². The van der Waals surface area contributed by atoms with Crippen molar-refractivity contribution in [2.45, 2.75) is 18.4 Å². The molecule has 1 fully saturated rings. The Balaban J connectivity index is 2.05. The lowest BCUT2D eigenvalue weighted by Gasteiger charge is -2.16. The Hall–Kier alpha value is -0.900. The minimum atomic E-state index is 0.0377. The summed E-state index contributed by atoms with van der Waals surface area (Å²) < 4.78 is 10.5. The molecule has 0 bridgehead atoms. The van der Waals surface area contributed by atoms with Crippen LogP contribution < -0.4 is 5.32 Å². The summed E-state index contributed by atoms with van der Waals surface area (Å²) in [6.45, 7) is 2.84. The van der Waals surface area contributed by atoms with Crippen molar-refractivity contribution in [3.8, 4) is 0 Å². The van der Waals surface area contributed by atoms with Crippen LogP contribution >= 0.6 is 0 Å². The summed E-state index contributed by atoms with van der Waals surface area (Å²) in [5, 5.41) is 3.39. The standard InChI is InChI=1S/C14H21NO2/c1-16-10-14(17-2)12-5-3-11(4-6-12)13-7-8-15-9-13/h3-6,13-15H,7-10H2,1-2H3. The van der Waals surface area contributed by atoms with Crippen molar-refractivity contribution in [3.63, 3.8) is 0 Å². The van der Waals surface area contributed by atoms with Gasteiger partial charge in [-0.25, -0.2) is 0 Å². The first-order valence-electron chi connectivity index (χ1n) is 6.17. The maximum absolute atomic E-state index is 5.40. The van der Waals surface area contributed by atoms with Gasteiger partial charge in [0.25, 0.3) is 0 Å². The average Bonchev–Trinajstić information content (AvgIpc) is 2.90. The summed E-state index contributed by atoms with van der Waals surface area (Å²) >= 11 is 0. The number of hydrogen-bond donors (Lipinski definition) is 1. The largest absolute Gasteiger partial charge is 0.382 e. The third-order valence-electron chi connectivity index (χ3n) is 3.44. The highest BCUT2D eigenvalue weighted by molar-refractivity contribution is 5.27. The molecule has 3 nitrogen and oxygen atoms in total. The van der Waals surface area contributed by atoms with E-state index in [1.165, 1.54) is 17.5 Å². The van der Waals surface area contributed by atoms with E-state index < -0.39 is 0 Å². The Labute approximate surface area is 103 Å². The Bertz CT molecular complexity index is 331. The van der Waals surface area contributed by atoms with Crippen molar-refractivity contribution >= 4 is 0 Å². The van der Waals surface area contributed by atoms with Gasteiger partial charge in [0, 0.05) is 20.8 Å². The molecule has 0 aliphatic carbocycles. The second kappa shape index (κ2) is 6.15. The zero-order chi connectivity index (χ0) is 12.1. The van der Waals surface area contributed by atoms with E-state index in [1.807, 2.05) is 0 Å². The van der Waals surface area contributed by atoms with Crippen molar-refractivity contribution in [2.24, 2.45) is 0 Å². The first-order chi connectivity index (χ1) is 8.35. The predicted molar refractivity (Wildman–Crippen MR) is 68.3 cm³/mol. The van der Waals surface area contributed by atoms with Crippen LogP contribution in [0.15, 0.2) is 24.3 Å². The van der Waals surface area contributed by atoms with Gasteiger partial charge in [-0.2, -0.15) is 0 Å². The van der Waals surface area contributed by atoms with Gasteiger partial charge in [0.2, 0.25) is 0 Å². The number of benzene rings is 1. The van der Waals surface area contributed by atoms with Crippen LogP contribution in [-0.4, -0.2) is 33.9 Å². The molecule has 1 heterocycles. The minimum absolute atomic E-state index is 0.0377. The minimum Gasteiger partial charge on any atom is -0.382 e. The Morgan fingerprint density at radius 2 is 2.06 bits per heavy atom. The Kier molecular flexibility index (Phi) is 4.54. The van der Waals surface area contributed by atoms with E-state index in [2.05, 4.69) is 29.6 Å².